The molecule has 0 aromatic carbocycles. The van der Waals surface area contributed by atoms with Gasteiger partial charge in [0.05, 0.1) is 14.1 Å². The second-order valence-corrected chi connectivity index (χ2v) is 2.88. The van der Waals surface area contributed by atoms with E-state index in [-0.39, 0.29) is 12.3 Å². The van der Waals surface area contributed by atoms with Crippen LogP contribution in [0.1, 0.15) is 6.42 Å². The summed E-state index contributed by atoms with van der Waals surface area (Å²) in [5.74, 6) is -0.892. The Hall–Kier alpha value is -1.23. The van der Waals surface area contributed by atoms with Gasteiger partial charge in [-0.3, -0.25) is 4.79 Å². The van der Waals surface area contributed by atoms with Gasteiger partial charge in [-0.1, -0.05) is 0 Å². The van der Waals surface area contributed by atoms with Gasteiger partial charge in [0.25, 0.3) is 0 Å². The fraction of sp³-hybridized carbons (Fsp3) is 0.500. The lowest BCUT2D eigenvalue weighted by atomic mass is 10.3. The van der Waals surface area contributed by atoms with Gasteiger partial charge in [0, 0.05) is 0 Å². The number of urea groups is 1. The molecule has 0 unspecified atom stereocenters. The Morgan fingerprint density at radius 3 is 2.27 bits per heavy atom. The molecule has 0 aliphatic carbocycles. The summed E-state index contributed by atoms with van der Waals surface area (Å²) in [5, 5.41) is 2.07. The molecular weight excluding hydrogens is 148 g/mol. The van der Waals surface area contributed by atoms with E-state index in [1.165, 1.54) is 14.1 Å². The zero-order valence-corrected chi connectivity index (χ0v) is 6.38. The van der Waals surface area contributed by atoms with Gasteiger partial charge in [0.15, 0.2) is 0 Å². The van der Waals surface area contributed by atoms with Crippen LogP contribution in [0.2, 0.25) is 0 Å². The van der Waals surface area contributed by atoms with E-state index in [0.717, 1.165) is 0 Å². The van der Waals surface area contributed by atoms with Crippen molar-refractivity contribution in [2.24, 2.45) is 0 Å². The quantitative estimate of drug-likeness (QED) is 0.371. The Morgan fingerprint density at radius 1 is 1.27 bits per heavy atom. The van der Waals surface area contributed by atoms with Crippen LogP contribution in [0.4, 0.5) is 4.79 Å². The SMILES string of the molecule is C[N+]1(C)C(=O)CC(=O)NC1=O. The van der Waals surface area contributed by atoms with Crippen molar-refractivity contribution in [3.8, 4) is 0 Å². The van der Waals surface area contributed by atoms with Crippen LogP contribution in [0, 0.1) is 0 Å². The molecule has 1 aliphatic heterocycles. The molecule has 0 bridgehead atoms. The molecule has 1 fully saturated rings. The molecule has 0 aromatic rings. The highest BCUT2D eigenvalue weighted by molar-refractivity contribution is 6.07. The molecular formula is C6H9N2O3+. The van der Waals surface area contributed by atoms with E-state index < -0.39 is 16.4 Å². The van der Waals surface area contributed by atoms with Crippen LogP contribution in [0.3, 0.4) is 0 Å². The number of rotatable bonds is 0. The molecule has 0 radical (unpaired) electrons. The summed E-state index contributed by atoms with van der Waals surface area (Å²) in [6, 6.07) is -0.564. The molecule has 60 valence electrons. The van der Waals surface area contributed by atoms with Crippen molar-refractivity contribution < 1.29 is 18.9 Å². The van der Waals surface area contributed by atoms with Crippen LogP contribution in [0.25, 0.3) is 0 Å². The number of hydrogen-bond acceptors (Lipinski definition) is 3. The Balaban J connectivity index is 2.93. The molecule has 4 amide bonds. The monoisotopic (exact) mass is 157 g/mol. The standard InChI is InChI=1S/C6H8N2O3/c1-8(2)5(10)3-4(9)7-6(8)11/h3H2,1-2H3/p+1. The maximum absolute atomic E-state index is 11.0. The van der Waals surface area contributed by atoms with Crippen molar-refractivity contribution in [3.05, 3.63) is 0 Å². The number of carbonyl (C=O) groups is 3. The summed E-state index contributed by atoms with van der Waals surface area (Å²) in [6.07, 6.45) is -0.210. The lowest BCUT2D eigenvalue weighted by Gasteiger charge is -2.26. The zero-order chi connectivity index (χ0) is 8.65. The van der Waals surface area contributed by atoms with Crippen molar-refractivity contribution in [1.29, 1.82) is 0 Å². The highest BCUT2D eigenvalue weighted by atomic mass is 16.2. The average molecular weight is 157 g/mol. The fourth-order valence-corrected chi connectivity index (χ4v) is 0.751. The largest absolute Gasteiger partial charge is 0.430 e. The Morgan fingerprint density at radius 2 is 1.82 bits per heavy atom. The van der Waals surface area contributed by atoms with Crippen LogP contribution >= 0.6 is 0 Å². The molecule has 1 aliphatic rings. The van der Waals surface area contributed by atoms with Gasteiger partial charge >= 0.3 is 11.9 Å². The van der Waals surface area contributed by atoms with E-state index in [1.807, 2.05) is 0 Å². The number of quaternary nitrogens is 1. The second kappa shape index (κ2) is 2.13. The van der Waals surface area contributed by atoms with Gasteiger partial charge in [-0.15, -0.1) is 0 Å². The van der Waals surface area contributed by atoms with E-state index in [4.69, 9.17) is 0 Å². The first-order valence-electron chi connectivity index (χ1n) is 3.16. The molecule has 1 rings (SSSR count). The third-order valence-corrected chi connectivity index (χ3v) is 1.69. The lowest BCUT2D eigenvalue weighted by molar-refractivity contribution is -0.730. The van der Waals surface area contributed by atoms with Crippen molar-refractivity contribution in [1.82, 2.24) is 5.32 Å². The van der Waals surface area contributed by atoms with Gasteiger partial charge in [0.2, 0.25) is 5.91 Å². The normalized spacial score (nSPS) is 23.3. The number of amides is 4. The number of imide groups is 2. The van der Waals surface area contributed by atoms with Crippen molar-refractivity contribution in [2.45, 2.75) is 6.42 Å². The van der Waals surface area contributed by atoms with E-state index in [1.54, 1.807) is 0 Å². The summed E-state index contributed by atoms with van der Waals surface area (Å²) < 4.78 is -0.397. The first-order valence-corrected chi connectivity index (χ1v) is 3.16. The van der Waals surface area contributed by atoms with E-state index in [2.05, 4.69) is 5.32 Å². The van der Waals surface area contributed by atoms with Gasteiger partial charge in [0.1, 0.15) is 6.42 Å². The summed E-state index contributed by atoms with van der Waals surface area (Å²) >= 11 is 0. The molecule has 5 nitrogen and oxygen atoms in total. The molecule has 0 atom stereocenters. The van der Waals surface area contributed by atoms with E-state index in [9.17, 15) is 14.4 Å². The summed E-state index contributed by atoms with van der Waals surface area (Å²) in [5.41, 5.74) is 0. The smallest absolute Gasteiger partial charge is 0.274 e. The summed E-state index contributed by atoms with van der Waals surface area (Å²) in [6.45, 7) is 0. The van der Waals surface area contributed by atoms with Crippen LogP contribution in [0.15, 0.2) is 0 Å². The predicted octanol–water partition coefficient (Wildman–Crippen LogP) is -0.771. The minimum Gasteiger partial charge on any atom is -0.274 e. The Bertz CT molecular complexity index is 222. The number of nitrogens with zero attached hydrogens (tertiary/aromatic N) is 1. The Kier molecular flexibility index (Phi) is 1.52. The minimum atomic E-state index is -0.564. The molecule has 5 heteroatoms. The predicted molar refractivity (Wildman–Crippen MR) is 35.3 cm³/mol. The zero-order valence-electron chi connectivity index (χ0n) is 6.38. The van der Waals surface area contributed by atoms with Crippen LogP contribution in [-0.4, -0.2) is 36.4 Å². The molecule has 11 heavy (non-hydrogen) atoms. The highest BCUT2D eigenvalue weighted by Crippen LogP contribution is 2.07. The van der Waals surface area contributed by atoms with Gasteiger partial charge in [-0.05, 0) is 0 Å². The minimum absolute atomic E-state index is 0.210. The molecule has 1 N–H and O–H groups in total. The third kappa shape index (κ3) is 1.14. The number of nitrogens with one attached hydrogen (secondary N) is 1. The third-order valence-electron chi connectivity index (χ3n) is 1.69. The van der Waals surface area contributed by atoms with Crippen LogP contribution in [0.5, 0.6) is 0 Å². The van der Waals surface area contributed by atoms with Gasteiger partial charge in [-0.2, -0.15) is 4.48 Å². The number of barbiturate groups is 1. The fourth-order valence-electron chi connectivity index (χ4n) is 0.751. The van der Waals surface area contributed by atoms with Crippen molar-refractivity contribution >= 4 is 17.8 Å². The molecule has 1 heterocycles. The Labute approximate surface area is 63.6 Å². The molecule has 0 spiro atoms. The number of hydrogen-bond donors (Lipinski definition) is 1. The summed E-state index contributed by atoms with van der Waals surface area (Å²) in [4.78, 5) is 32.6. The first-order chi connectivity index (χ1) is 4.94. The van der Waals surface area contributed by atoms with Gasteiger partial charge in [-0.25, -0.2) is 14.9 Å². The summed E-state index contributed by atoms with van der Waals surface area (Å²) in [7, 11) is 2.90. The highest BCUT2D eigenvalue weighted by Gasteiger charge is 2.42. The van der Waals surface area contributed by atoms with Crippen LogP contribution in [-0.2, 0) is 9.59 Å². The maximum atomic E-state index is 11.0. The maximum Gasteiger partial charge on any atom is 0.430 e. The molecule has 0 aromatic heterocycles. The molecule has 1 saturated heterocycles. The van der Waals surface area contributed by atoms with Crippen molar-refractivity contribution in [2.75, 3.05) is 14.1 Å². The number of carbonyl (C=O) groups excluding carboxylic acids is 3. The topological polar surface area (TPSA) is 63.2 Å². The second-order valence-electron chi connectivity index (χ2n) is 2.88. The average Bonchev–Trinajstić information content (AvgIpc) is 1.84. The van der Waals surface area contributed by atoms with E-state index in [0.29, 0.717) is 0 Å². The van der Waals surface area contributed by atoms with Crippen molar-refractivity contribution in [3.63, 3.8) is 0 Å². The molecule has 0 saturated carbocycles. The lowest BCUT2D eigenvalue weighted by Crippen LogP contribution is -2.61. The first kappa shape index (κ1) is 7.87. The van der Waals surface area contributed by atoms with Gasteiger partial charge < -0.3 is 0 Å². The van der Waals surface area contributed by atoms with E-state index >= 15 is 0 Å². The van der Waals surface area contributed by atoms with Crippen LogP contribution < -0.4 is 5.32 Å².